The molecule has 0 amide bonds. The van der Waals surface area contributed by atoms with Crippen LogP contribution in [0.25, 0.3) is 0 Å². The van der Waals surface area contributed by atoms with Gasteiger partial charge in [-0.25, -0.2) is 8.42 Å². The van der Waals surface area contributed by atoms with Crippen LogP contribution in [0, 0.1) is 6.92 Å². The Kier molecular flexibility index (Phi) is 4.80. The predicted octanol–water partition coefficient (Wildman–Crippen LogP) is 3.69. The summed E-state index contributed by atoms with van der Waals surface area (Å²) >= 11 is 7.65. The molecule has 2 aromatic rings. The Labute approximate surface area is 145 Å². The highest BCUT2D eigenvalue weighted by Crippen LogP contribution is 2.37. The van der Waals surface area contributed by atoms with Crippen molar-refractivity contribution in [3.63, 3.8) is 0 Å². The molecule has 23 heavy (non-hydrogen) atoms. The van der Waals surface area contributed by atoms with E-state index in [2.05, 4.69) is 4.72 Å². The number of halogens is 1. The highest BCUT2D eigenvalue weighted by molar-refractivity contribution is 7.89. The Morgan fingerprint density at radius 3 is 2.61 bits per heavy atom. The lowest BCUT2D eigenvalue weighted by Crippen LogP contribution is -2.49. The van der Waals surface area contributed by atoms with E-state index in [4.69, 9.17) is 16.3 Å². The summed E-state index contributed by atoms with van der Waals surface area (Å²) in [5.74, 6) is 0. The topological polar surface area (TPSA) is 55.4 Å². The zero-order valence-electron chi connectivity index (χ0n) is 12.7. The van der Waals surface area contributed by atoms with Crippen LogP contribution in [0.3, 0.4) is 0 Å². The van der Waals surface area contributed by atoms with Gasteiger partial charge in [0.1, 0.15) is 0 Å². The van der Waals surface area contributed by atoms with Crippen molar-refractivity contribution in [3.05, 3.63) is 51.2 Å². The summed E-state index contributed by atoms with van der Waals surface area (Å²) < 4.78 is 34.3. The second-order valence-electron chi connectivity index (χ2n) is 5.64. The summed E-state index contributed by atoms with van der Waals surface area (Å²) in [6, 6.07) is 8.86. The van der Waals surface area contributed by atoms with Crippen LogP contribution in [-0.4, -0.2) is 21.6 Å². The third-order valence-corrected chi connectivity index (χ3v) is 7.34. The van der Waals surface area contributed by atoms with E-state index in [0.29, 0.717) is 36.6 Å². The van der Waals surface area contributed by atoms with Gasteiger partial charge in [-0.05, 0) is 48.9 Å². The maximum Gasteiger partial charge on any atom is 0.241 e. The first-order chi connectivity index (χ1) is 10.9. The highest BCUT2D eigenvalue weighted by Gasteiger charge is 2.39. The molecule has 1 N–H and O–H groups in total. The molecule has 2 heterocycles. The molecule has 0 bridgehead atoms. The molecule has 124 valence electrons. The number of ether oxygens (including phenoxy) is 1. The smallest absolute Gasteiger partial charge is 0.241 e. The number of thiophene rings is 1. The minimum Gasteiger partial charge on any atom is -0.381 e. The quantitative estimate of drug-likeness (QED) is 0.891. The lowest BCUT2D eigenvalue weighted by Gasteiger charge is -2.37. The van der Waals surface area contributed by atoms with Gasteiger partial charge in [-0.2, -0.15) is 4.72 Å². The van der Waals surface area contributed by atoms with Crippen LogP contribution >= 0.6 is 22.9 Å². The Balaban J connectivity index is 2.01. The maximum atomic E-state index is 13.0. The highest BCUT2D eigenvalue weighted by atomic mass is 35.5. The molecule has 1 saturated heterocycles. The van der Waals surface area contributed by atoms with Gasteiger partial charge in [-0.3, -0.25) is 0 Å². The van der Waals surface area contributed by atoms with Gasteiger partial charge in [-0.15, -0.1) is 11.3 Å². The van der Waals surface area contributed by atoms with Crippen LogP contribution in [0.2, 0.25) is 5.02 Å². The lowest BCUT2D eigenvalue weighted by molar-refractivity contribution is 0.0472. The van der Waals surface area contributed by atoms with Gasteiger partial charge >= 0.3 is 0 Å². The molecule has 1 aromatic carbocycles. The van der Waals surface area contributed by atoms with E-state index in [0.717, 1.165) is 4.88 Å². The van der Waals surface area contributed by atoms with Crippen molar-refractivity contribution in [3.8, 4) is 0 Å². The van der Waals surface area contributed by atoms with Crippen molar-refractivity contribution in [2.45, 2.75) is 30.2 Å². The molecule has 1 aliphatic heterocycles. The monoisotopic (exact) mass is 371 g/mol. The molecule has 0 spiro atoms. The molecule has 3 rings (SSSR count). The van der Waals surface area contributed by atoms with E-state index >= 15 is 0 Å². The summed E-state index contributed by atoms with van der Waals surface area (Å²) in [4.78, 5) is 1.25. The van der Waals surface area contributed by atoms with E-state index < -0.39 is 15.6 Å². The first kappa shape index (κ1) is 16.9. The summed E-state index contributed by atoms with van der Waals surface area (Å²) in [6.45, 7) is 2.79. The van der Waals surface area contributed by atoms with Crippen molar-refractivity contribution >= 4 is 33.0 Å². The minimum absolute atomic E-state index is 0.229. The van der Waals surface area contributed by atoms with Crippen molar-refractivity contribution in [1.82, 2.24) is 4.72 Å². The SMILES string of the molecule is Cc1c(Cl)cccc1S(=O)(=O)NC1(c2cccs2)CCOCC1. The summed E-state index contributed by atoms with van der Waals surface area (Å²) in [7, 11) is -3.68. The van der Waals surface area contributed by atoms with Crippen molar-refractivity contribution in [1.29, 1.82) is 0 Å². The van der Waals surface area contributed by atoms with E-state index in [9.17, 15) is 8.42 Å². The zero-order chi connectivity index (χ0) is 16.5. The molecular weight excluding hydrogens is 354 g/mol. The molecule has 0 unspecified atom stereocenters. The fourth-order valence-corrected chi connectivity index (χ4v) is 5.81. The molecule has 0 saturated carbocycles. The van der Waals surface area contributed by atoms with Gasteiger partial charge in [0.05, 0.1) is 10.4 Å². The lowest BCUT2D eigenvalue weighted by atomic mass is 9.90. The van der Waals surface area contributed by atoms with Crippen LogP contribution in [0.15, 0.2) is 40.6 Å². The Morgan fingerprint density at radius 1 is 1.22 bits per heavy atom. The molecular formula is C16H18ClNO3S2. The largest absolute Gasteiger partial charge is 0.381 e. The van der Waals surface area contributed by atoms with E-state index in [1.807, 2.05) is 17.5 Å². The average Bonchev–Trinajstić information content (AvgIpc) is 3.05. The molecule has 1 aliphatic rings. The van der Waals surface area contributed by atoms with Gasteiger partial charge < -0.3 is 4.74 Å². The summed E-state index contributed by atoms with van der Waals surface area (Å²) in [5.41, 5.74) is -0.0462. The van der Waals surface area contributed by atoms with Crippen LogP contribution < -0.4 is 4.72 Å². The second-order valence-corrected chi connectivity index (χ2v) is 8.65. The maximum absolute atomic E-state index is 13.0. The Morgan fingerprint density at radius 2 is 1.96 bits per heavy atom. The fraction of sp³-hybridized carbons (Fsp3) is 0.375. The minimum atomic E-state index is -3.68. The molecule has 7 heteroatoms. The number of sulfonamides is 1. The van der Waals surface area contributed by atoms with Gasteiger partial charge in [0.15, 0.2) is 0 Å². The van der Waals surface area contributed by atoms with Gasteiger partial charge in [0, 0.05) is 23.1 Å². The Bertz CT molecular complexity index is 782. The van der Waals surface area contributed by atoms with Gasteiger partial charge in [-0.1, -0.05) is 23.7 Å². The molecule has 0 atom stereocenters. The number of rotatable bonds is 4. The zero-order valence-corrected chi connectivity index (χ0v) is 15.1. The van der Waals surface area contributed by atoms with Crippen LogP contribution in [0.4, 0.5) is 0 Å². The van der Waals surface area contributed by atoms with Crippen LogP contribution in [0.1, 0.15) is 23.3 Å². The summed E-state index contributed by atoms with van der Waals surface area (Å²) in [6.07, 6.45) is 1.23. The normalized spacial score (nSPS) is 18.0. The van der Waals surface area contributed by atoms with Crippen molar-refractivity contribution < 1.29 is 13.2 Å². The predicted molar refractivity (Wildman–Crippen MR) is 92.6 cm³/mol. The number of nitrogens with one attached hydrogen (secondary N) is 1. The van der Waals surface area contributed by atoms with Crippen molar-refractivity contribution in [2.75, 3.05) is 13.2 Å². The van der Waals surface area contributed by atoms with Crippen molar-refractivity contribution in [2.24, 2.45) is 0 Å². The van der Waals surface area contributed by atoms with Gasteiger partial charge in [0.2, 0.25) is 10.0 Å². The van der Waals surface area contributed by atoms with Crippen LogP contribution in [0.5, 0.6) is 0 Å². The van der Waals surface area contributed by atoms with E-state index in [-0.39, 0.29) is 4.90 Å². The first-order valence-corrected chi connectivity index (χ1v) is 10.1. The second kappa shape index (κ2) is 6.53. The number of hydrogen-bond donors (Lipinski definition) is 1. The molecule has 0 aliphatic carbocycles. The summed E-state index contributed by atoms with van der Waals surface area (Å²) in [5, 5.41) is 2.41. The number of hydrogen-bond acceptors (Lipinski definition) is 4. The fourth-order valence-electron chi connectivity index (χ4n) is 2.86. The van der Waals surface area contributed by atoms with E-state index in [1.165, 1.54) is 0 Å². The third kappa shape index (κ3) is 3.32. The van der Waals surface area contributed by atoms with E-state index in [1.54, 1.807) is 36.5 Å². The standard InChI is InChI=1S/C16H18ClNO3S2/c1-12-13(17)4-2-5-14(12)23(19,20)18-16(7-9-21-10-8-16)15-6-3-11-22-15/h2-6,11,18H,7-10H2,1H3. The van der Waals surface area contributed by atoms with Gasteiger partial charge in [0.25, 0.3) is 0 Å². The third-order valence-electron chi connectivity index (χ3n) is 4.18. The first-order valence-electron chi connectivity index (χ1n) is 7.35. The number of benzene rings is 1. The molecule has 1 fully saturated rings. The molecule has 0 radical (unpaired) electrons. The van der Waals surface area contributed by atoms with Crippen LogP contribution in [-0.2, 0) is 20.3 Å². The molecule has 4 nitrogen and oxygen atoms in total. The average molecular weight is 372 g/mol. The molecule has 1 aromatic heterocycles. The Hall–Kier alpha value is -0.920.